The Morgan fingerprint density at radius 1 is 1.33 bits per heavy atom. The normalized spacial score (nSPS) is 22.8. The van der Waals surface area contributed by atoms with E-state index in [0.717, 1.165) is 30.2 Å². The highest BCUT2D eigenvalue weighted by Crippen LogP contribution is 2.31. The summed E-state index contributed by atoms with van der Waals surface area (Å²) >= 11 is 0. The van der Waals surface area contributed by atoms with Gasteiger partial charge in [-0.15, -0.1) is 0 Å². The van der Waals surface area contributed by atoms with Crippen molar-refractivity contribution < 1.29 is 4.42 Å². The van der Waals surface area contributed by atoms with Crippen LogP contribution in [0.1, 0.15) is 51.7 Å². The third-order valence-corrected chi connectivity index (χ3v) is 4.86. The molecule has 6 heteroatoms. The second-order valence-corrected chi connectivity index (χ2v) is 8.06. The van der Waals surface area contributed by atoms with Gasteiger partial charge in [-0.2, -0.15) is 0 Å². The zero-order valence-electron chi connectivity index (χ0n) is 15.4. The number of rotatable bonds is 5. The SMILES string of the molecule is CN=C(NCc1ncc(C(C)(C)C)o1)NCC1CCN(C2CC2)C1. The molecule has 1 unspecified atom stereocenters. The van der Waals surface area contributed by atoms with E-state index in [4.69, 9.17) is 4.42 Å². The average molecular weight is 333 g/mol. The summed E-state index contributed by atoms with van der Waals surface area (Å²) in [6.07, 6.45) is 5.90. The van der Waals surface area contributed by atoms with Crippen molar-refractivity contribution in [3.05, 3.63) is 17.8 Å². The summed E-state index contributed by atoms with van der Waals surface area (Å²) in [4.78, 5) is 11.3. The predicted octanol–water partition coefficient (Wildman–Crippen LogP) is 2.12. The third kappa shape index (κ3) is 4.50. The number of hydrogen-bond donors (Lipinski definition) is 2. The van der Waals surface area contributed by atoms with Crippen molar-refractivity contribution >= 4 is 5.96 Å². The Kier molecular flexibility index (Phi) is 5.13. The largest absolute Gasteiger partial charge is 0.443 e. The standard InChI is InChI=1S/C18H31N5O/c1-18(2,3)15-10-20-16(24-15)11-22-17(19-4)21-9-13-7-8-23(12-13)14-5-6-14/h10,13-14H,5-9,11-12H2,1-4H3,(H2,19,21,22). The molecule has 0 bridgehead atoms. The van der Waals surface area contributed by atoms with Crippen LogP contribution < -0.4 is 10.6 Å². The first-order valence-electron chi connectivity index (χ1n) is 9.09. The highest BCUT2D eigenvalue weighted by Gasteiger charge is 2.34. The van der Waals surface area contributed by atoms with Crippen molar-refractivity contribution in [3.8, 4) is 0 Å². The summed E-state index contributed by atoms with van der Waals surface area (Å²) < 4.78 is 5.81. The van der Waals surface area contributed by atoms with Crippen LogP contribution in [0.5, 0.6) is 0 Å². The van der Waals surface area contributed by atoms with E-state index in [0.29, 0.717) is 12.4 Å². The molecule has 2 heterocycles. The molecule has 2 N–H and O–H groups in total. The molecule has 0 radical (unpaired) electrons. The van der Waals surface area contributed by atoms with Crippen molar-refractivity contribution in [1.29, 1.82) is 0 Å². The number of nitrogens with zero attached hydrogens (tertiary/aromatic N) is 3. The van der Waals surface area contributed by atoms with Gasteiger partial charge in [0.05, 0.1) is 12.7 Å². The van der Waals surface area contributed by atoms with E-state index in [-0.39, 0.29) is 5.41 Å². The van der Waals surface area contributed by atoms with Crippen LogP contribution >= 0.6 is 0 Å². The lowest BCUT2D eigenvalue weighted by molar-refractivity contribution is 0.314. The van der Waals surface area contributed by atoms with Gasteiger partial charge in [0.25, 0.3) is 0 Å². The first-order chi connectivity index (χ1) is 11.5. The first kappa shape index (κ1) is 17.3. The van der Waals surface area contributed by atoms with E-state index >= 15 is 0 Å². The third-order valence-electron chi connectivity index (χ3n) is 4.86. The molecule has 1 aromatic heterocycles. The summed E-state index contributed by atoms with van der Waals surface area (Å²) in [5, 5.41) is 6.73. The molecule has 6 nitrogen and oxygen atoms in total. The Hall–Kier alpha value is -1.56. The fourth-order valence-electron chi connectivity index (χ4n) is 3.16. The number of aliphatic imine (C=N–C) groups is 1. The lowest BCUT2D eigenvalue weighted by Crippen LogP contribution is -2.40. The van der Waals surface area contributed by atoms with Gasteiger partial charge in [-0.25, -0.2) is 4.98 Å². The second-order valence-electron chi connectivity index (χ2n) is 8.06. The Morgan fingerprint density at radius 2 is 2.12 bits per heavy atom. The van der Waals surface area contributed by atoms with Crippen molar-refractivity contribution in [2.45, 2.75) is 58.0 Å². The van der Waals surface area contributed by atoms with Gasteiger partial charge in [-0.05, 0) is 31.7 Å². The van der Waals surface area contributed by atoms with E-state index in [1.807, 2.05) is 6.20 Å². The molecule has 1 aliphatic carbocycles. The number of guanidine groups is 1. The molecule has 1 aromatic rings. The van der Waals surface area contributed by atoms with Crippen LogP contribution in [0, 0.1) is 5.92 Å². The van der Waals surface area contributed by atoms with E-state index in [9.17, 15) is 0 Å². The fourth-order valence-corrected chi connectivity index (χ4v) is 3.16. The monoisotopic (exact) mass is 333 g/mol. The summed E-state index contributed by atoms with van der Waals surface area (Å²) in [6.45, 7) is 10.4. The maximum Gasteiger partial charge on any atom is 0.213 e. The van der Waals surface area contributed by atoms with Crippen LogP contribution in [-0.2, 0) is 12.0 Å². The van der Waals surface area contributed by atoms with Gasteiger partial charge in [0, 0.05) is 31.6 Å². The summed E-state index contributed by atoms with van der Waals surface area (Å²) in [7, 11) is 1.80. The zero-order chi connectivity index (χ0) is 17.2. The zero-order valence-corrected chi connectivity index (χ0v) is 15.4. The van der Waals surface area contributed by atoms with Crippen LogP contribution in [0.2, 0.25) is 0 Å². The molecule has 2 aliphatic rings. The molecule has 0 amide bonds. The minimum absolute atomic E-state index is 0.0128. The molecular formula is C18H31N5O. The smallest absolute Gasteiger partial charge is 0.213 e. The lowest BCUT2D eigenvalue weighted by atomic mass is 9.94. The van der Waals surface area contributed by atoms with Crippen LogP contribution in [0.15, 0.2) is 15.6 Å². The molecule has 134 valence electrons. The highest BCUT2D eigenvalue weighted by molar-refractivity contribution is 5.79. The van der Waals surface area contributed by atoms with Gasteiger partial charge in [0.2, 0.25) is 5.89 Å². The van der Waals surface area contributed by atoms with Crippen LogP contribution in [0.4, 0.5) is 0 Å². The van der Waals surface area contributed by atoms with E-state index in [1.54, 1.807) is 7.05 Å². The molecule has 3 rings (SSSR count). The van der Waals surface area contributed by atoms with Gasteiger partial charge in [-0.1, -0.05) is 20.8 Å². The topological polar surface area (TPSA) is 65.7 Å². The van der Waals surface area contributed by atoms with Crippen molar-refractivity contribution in [2.75, 3.05) is 26.7 Å². The van der Waals surface area contributed by atoms with Crippen LogP contribution in [0.25, 0.3) is 0 Å². The number of oxazole rings is 1. The van der Waals surface area contributed by atoms with Crippen LogP contribution in [-0.4, -0.2) is 48.6 Å². The van der Waals surface area contributed by atoms with E-state index in [1.165, 1.54) is 32.4 Å². The molecule has 2 fully saturated rings. The average Bonchev–Trinajstić information content (AvgIpc) is 3.09. The maximum atomic E-state index is 5.81. The Labute approximate surface area is 145 Å². The van der Waals surface area contributed by atoms with Crippen molar-refractivity contribution in [3.63, 3.8) is 0 Å². The van der Waals surface area contributed by atoms with Gasteiger partial charge >= 0.3 is 0 Å². The lowest BCUT2D eigenvalue weighted by Gasteiger charge is -2.16. The fraction of sp³-hybridized carbons (Fsp3) is 0.778. The number of aromatic nitrogens is 1. The van der Waals surface area contributed by atoms with Crippen molar-refractivity contribution in [2.24, 2.45) is 10.9 Å². The van der Waals surface area contributed by atoms with E-state index < -0.39 is 0 Å². The Balaban J connectivity index is 1.41. The second kappa shape index (κ2) is 7.13. The minimum Gasteiger partial charge on any atom is -0.443 e. The summed E-state index contributed by atoms with van der Waals surface area (Å²) in [6, 6.07) is 0.884. The molecule has 1 aliphatic heterocycles. The number of nitrogens with one attached hydrogen (secondary N) is 2. The Bertz CT molecular complexity index is 570. The molecule has 24 heavy (non-hydrogen) atoms. The summed E-state index contributed by atoms with van der Waals surface area (Å²) in [5.74, 6) is 3.14. The predicted molar refractivity (Wildman–Crippen MR) is 96.1 cm³/mol. The molecule has 1 saturated carbocycles. The molecule has 1 atom stereocenters. The first-order valence-corrected chi connectivity index (χ1v) is 9.09. The molecule has 0 aromatic carbocycles. The summed E-state index contributed by atoms with van der Waals surface area (Å²) in [5.41, 5.74) is -0.0128. The van der Waals surface area contributed by atoms with Gasteiger partial charge < -0.3 is 20.0 Å². The van der Waals surface area contributed by atoms with Gasteiger partial charge in [-0.3, -0.25) is 4.99 Å². The van der Waals surface area contributed by atoms with Gasteiger partial charge in [0.15, 0.2) is 5.96 Å². The highest BCUT2D eigenvalue weighted by atomic mass is 16.4. The molecular weight excluding hydrogens is 302 g/mol. The van der Waals surface area contributed by atoms with E-state index in [2.05, 4.69) is 46.3 Å². The molecule has 1 saturated heterocycles. The number of likely N-dealkylation sites (tertiary alicyclic amines) is 1. The Morgan fingerprint density at radius 3 is 2.75 bits per heavy atom. The van der Waals surface area contributed by atoms with Crippen molar-refractivity contribution in [1.82, 2.24) is 20.5 Å². The van der Waals surface area contributed by atoms with Crippen LogP contribution in [0.3, 0.4) is 0 Å². The quantitative estimate of drug-likeness (QED) is 0.638. The van der Waals surface area contributed by atoms with Gasteiger partial charge in [0.1, 0.15) is 5.76 Å². The minimum atomic E-state index is -0.0128. The number of hydrogen-bond acceptors (Lipinski definition) is 4. The molecule has 0 spiro atoms. The maximum absolute atomic E-state index is 5.81.